The zero-order valence-electron chi connectivity index (χ0n) is 31.7. The lowest BCUT2D eigenvalue weighted by Crippen LogP contribution is -2.16. The van der Waals surface area contributed by atoms with E-state index in [2.05, 4.69) is 184 Å². The Labute approximate surface area is 332 Å². The molecule has 11 rings (SSSR count). The van der Waals surface area contributed by atoms with Crippen molar-refractivity contribution in [1.82, 2.24) is 15.0 Å². The second-order valence-corrected chi connectivity index (χ2v) is 15.6. The summed E-state index contributed by atoms with van der Waals surface area (Å²) in [6, 6.07) is 67.3. The molecule has 10 aromatic rings. The van der Waals surface area contributed by atoms with Gasteiger partial charge in [-0.25, -0.2) is 15.0 Å². The molecule has 0 atom stereocenters. The normalized spacial score (nSPS) is 12.9. The number of rotatable bonds is 5. The lowest BCUT2D eigenvalue weighted by atomic mass is 9.79. The van der Waals surface area contributed by atoms with Gasteiger partial charge in [-0.05, 0) is 82.9 Å². The second kappa shape index (κ2) is 12.9. The van der Waals surface area contributed by atoms with Gasteiger partial charge in [0.05, 0.1) is 0 Å². The largest absolute Gasteiger partial charge is 0.208 e. The fraction of sp³-hybridized carbons (Fsp3) is 0.0556. The SMILES string of the molecule is CC1(C)c2ccccc2-c2cccc(-c3ccc(-c4nc(-c5ccccc5)nc(-c5ccc(-c6c7ccccc7cc7c6ccc6ccccc67)cc5)n4)cc3)c21. The topological polar surface area (TPSA) is 38.7 Å². The maximum absolute atomic E-state index is 5.12. The van der Waals surface area contributed by atoms with E-state index >= 15 is 0 Å². The van der Waals surface area contributed by atoms with Crippen molar-refractivity contribution in [1.29, 1.82) is 0 Å². The summed E-state index contributed by atoms with van der Waals surface area (Å²) in [6.07, 6.45) is 0. The number of benzene rings is 9. The molecule has 1 heterocycles. The van der Waals surface area contributed by atoms with Crippen LogP contribution in [0.15, 0.2) is 188 Å². The molecular formula is C54H37N3. The molecule has 9 aromatic carbocycles. The first-order valence-electron chi connectivity index (χ1n) is 19.6. The first-order valence-corrected chi connectivity index (χ1v) is 19.6. The molecular weight excluding hydrogens is 691 g/mol. The Morgan fingerprint density at radius 1 is 0.333 bits per heavy atom. The number of fused-ring (bicyclic) bond motifs is 7. The van der Waals surface area contributed by atoms with Gasteiger partial charge in [0.1, 0.15) is 0 Å². The Kier molecular flexibility index (Phi) is 7.52. The smallest absolute Gasteiger partial charge is 0.164 e. The lowest BCUT2D eigenvalue weighted by molar-refractivity contribution is 0.662. The van der Waals surface area contributed by atoms with Gasteiger partial charge in [0.15, 0.2) is 17.5 Å². The van der Waals surface area contributed by atoms with Gasteiger partial charge in [0.25, 0.3) is 0 Å². The van der Waals surface area contributed by atoms with Crippen LogP contribution in [0.1, 0.15) is 25.0 Å². The van der Waals surface area contributed by atoms with Crippen LogP contribution in [-0.4, -0.2) is 15.0 Å². The Balaban J connectivity index is 1.00. The zero-order valence-corrected chi connectivity index (χ0v) is 31.7. The summed E-state index contributed by atoms with van der Waals surface area (Å²) in [6.45, 7) is 4.68. The summed E-state index contributed by atoms with van der Waals surface area (Å²) >= 11 is 0. The molecule has 0 saturated carbocycles. The minimum absolute atomic E-state index is 0.0977. The van der Waals surface area contributed by atoms with Crippen LogP contribution in [0.3, 0.4) is 0 Å². The minimum Gasteiger partial charge on any atom is -0.208 e. The monoisotopic (exact) mass is 727 g/mol. The van der Waals surface area contributed by atoms with Crippen LogP contribution in [0, 0.1) is 0 Å². The summed E-state index contributed by atoms with van der Waals surface area (Å²) in [5.41, 5.74) is 13.0. The number of hydrogen-bond donors (Lipinski definition) is 0. The maximum Gasteiger partial charge on any atom is 0.164 e. The highest BCUT2D eigenvalue weighted by molar-refractivity contribution is 6.20. The summed E-state index contributed by atoms with van der Waals surface area (Å²) in [7, 11) is 0. The van der Waals surface area contributed by atoms with E-state index < -0.39 is 0 Å². The van der Waals surface area contributed by atoms with Crippen molar-refractivity contribution in [3.8, 4) is 67.5 Å². The van der Waals surface area contributed by atoms with E-state index in [0.29, 0.717) is 17.5 Å². The van der Waals surface area contributed by atoms with Gasteiger partial charge in [-0.15, -0.1) is 0 Å². The van der Waals surface area contributed by atoms with Crippen LogP contribution in [0.5, 0.6) is 0 Å². The molecule has 3 nitrogen and oxygen atoms in total. The molecule has 0 aliphatic heterocycles. The highest BCUT2D eigenvalue weighted by atomic mass is 15.0. The van der Waals surface area contributed by atoms with E-state index in [9.17, 15) is 0 Å². The lowest BCUT2D eigenvalue weighted by Gasteiger charge is -2.24. The van der Waals surface area contributed by atoms with E-state index in [0.717, 1.165) is 22.3 Å². The van der Waals surface area contributed by atoms with Crippen molar-refractivity contribution in [2.45, 2.75) is 19.3 Å². The standard InChI is InChI=1S/C54H37N3/c1-54(2)48-22-11-10-19-44(48)46-21-12-20-43(50(46)54)35-23-27-38(28-24-35)52-55-51(37-14-4-3-5-15-37)56-53(57-52)39-29-25-36(26-30-39)49-42-18-9-7-16-40(42)33-47-41-17-8-6-13-34(41)31-32-45(47)49/h3-33H,1-2H3. The Morgan fingerprint density at radius 3 is 1.58 bits per heavy atom. The molecule has 0 spiro atoms. The average molecular weight is 728 g/mol. The van der Waals surface area contributed by atoms with Gasteiger partial charge in [0.2, 0.25) is 0 Å². The Morgan fingerprint density at radius 2 is 0.860 bits per heavy atom. The molecule has 0 N–H and O–H groups in total. The number of nitrogens with zero attached hydrogens (tertiary/aromatic N) is 3. The average Bonchev–Trinajstić information content (AvgIpc) is 3.51. The fourth-order valence-electron chi connectivity index (χ4n) is 9.15. The van der Waals surface area contributed by atoms with Gasteiger partial charge < -0.3 is 0 Å². The molecule has 1 aliphatic rings. The van der Waals surface area contributed by atoms with Gasteiger partial charge in [-0.2, -0.15) is 0 Å². The molecule has 0 radical (unpaired) electrons. The Hall–Kier alpha value is -7.23. The molecule has 57 heavy (non-hydrogen) atoms. The third-order valence-corrected chi connectivity index (χ3v) is 11.9. The number of hydrogen-bond acceptors (Lipinski definition) is 3. The number of aromatic nitrogens is 3. The molecule has 0 saturated heterocycles. The summed E-state index contributed by atoms with van der Waals surface area (Å²) in [4.78, 5) is 15.2. The van der Waals surface area contributed by atoms with Crippen LogP contribution in [-0.2, 0) is 5.41 Å². The van der Waals surface area contributed by atoms with Gasteiger partial charge in [0, 0.05) is 22.1 Å². The van der Waals surface area contributed by atoms with Crippen LogP contribution < -0.4 is 0 Å². The molecule has 268 valence electrons. The van der Waals surface area contributed by atoms with Crippen molar-refractivity contribution in [2.24, 2.45) is 0 Å². The third-order valence-electron chi connectivity index (χ3n) is 11.9. The van der Waals surface area contributed by atoms with E-state index in [-0.39, 0.29) is 5.41 Å². The van der Waals surface area contributed by atoms with E-state index in [1.807, 2.05) is 18.2 Å². The van der Waals surface area contributed by atoms with Crippen molar-refractivity contribution >= 4 is 32.3 Å². The van der Waals surface area contributed by atoms with Crippen molar-refractivity contribution in [3.63, 3.8) is 0 Å². The predicted molar refractivity (Wildman–Crippen MR) is 237 cm³/mol. The van der Waals surface area contributed by atoms with Gasteiger partial charge in [-0.3, -0.25) is 0 Å². The first kappa shape index (κ1) is 33.1. The van der Waals surface area contributed by atoms with Crippen molar-refractivity contribution in [2.75, 3.05) is 0 Å². The first-order chi connectivity index (χ1) is 28.0. The van der Waals surface area contributed by atoms with Crippen molar-refractivity contribution < 1.29 is 0 Å². The summed E-state index contributed by atoms with van der Waals surface area (Å²) in [5.74, 6) is 1.94. The zero-order chi connectivity index (χ0) is 38.1. The van der Waals surface area contributed by atoms with E-state index in [4.69, 9.17) is 15.0 Å². The maximum atomic E-state index is 5.12. The third kappa shape index (κ3) is 5.38. The molecule has 3 heteroatoms. The molecule has 0 unspecified atom stereocenters. The quantitative estimate of drug-likeness (QED) is 0.131. The van der Waals surface area contributed by atoms with Crippen LogP contribution in [0.2, 0.25) is 0 Å². The van der Waals surface area contributed by atoms with Crippen LogP contribution >= 0.6 is 0 Å². The van der Waals surface area contributed by atoms with Crippen molar-refractivity contribution in [3.05, 3.63) is 199 Å². The van der Waals surface area contributed by atoms with E-state index in [1.54, 1.807) is 0 Å². The summed E-state index contributed by atoms with van der Waals surface area (Å²) < 4.78 is 0. The van der Waals surface area contributed by atoms with Crippen LogP contribution in [0.25, 0.3) is 99.9 Å². The summed E-state index contributed by atoms with van der Waals surface area (Å²) in [5, 5.41) is 7.47. The molecule has 1 aromatic heterocycles. The predicted octanol–water partition coefficient (Wildman–Crippen LogP) is 14.0. The molecule has 0 amide bonds. The van der Waals surface area contributed by atoms with Crippen LogP contribution in [0.4, 0.5) is 0 Å². The second-order valence-electron chi connectivity index (χ2n) is 15.6. The minimum atomic E-state index is -0.0977. The Bertz CT molecular complexity index is 3180. The molecule has 0 fully saturated rings. The van der Waals surface area contributed by atoms with E-state index in [1.165, 1.54) is 71.3 Å². The van der Waals surface area contributed by atoms with Gasteiger partial charge >= 0.3 is 0 Å². The fourth-order valence-corrected chi connectivity index (χ4v) is 9.15. The highest BCUT2D eigenvalue weighted by Gasteiger charge is 2.37. The highest BCUT2D eigenvalue weighted by Crippen LogP contribution is 2.52. The van der Waals surface area contributed by atoms with Gasteiger partial charge in [-0.1, -0.05) is 196 Å². The molecule has 0 bridgehead atoms. The molecule has 1 aliphatic carbocycles.